The molecule has 0 aliphatic heterocycles. The van der Waals surface area contributed by atoms with Gasteiger partial charge in [0, 0.05) is 35.4 Å². The Balaban J connectivity index is 1.70. The van der Waals surface area contributed by atoms with E-state index in [2.05, 4.69) is 0 Å². The Labute approximate surface area is 258 Å². The number of rotatable bonds is 14. The number of ketones is 1. The fraction of sp³-hybridized carbons (Fsp3) is 0.400. The van der Waals surface area contributed by atoms with Crippen molar-refractivity contribution in [2.24, 2.45) is 23.7 Å². The first-order valence-corrected chi connectivity index (χ1v) is 15.1. The number of Topliss-reactive ketones (excluding diaryl/α,β-unsaturated/α-hetero) is 1. The molecule has 2 aromatic carbocycles. The van der Waals surface area contributed by atoms with Gasteiger partial charge in [-0.3, -0.25) is 4.79 Å². The maximum absolute atomic E-state index is 14.6. The van der Waals surface area contributed by atoms with E-state index < -0.39 is 11.8 Å². The predicted octanol–water partition coefficient (Wildman–Crippen LogP) is 7.74. The summed E-state index contributed by atoms with van der Waals surface area (Å²) in [6.45, 7) is 11.5. The third-order valence-corrected chi connectivity index (χ3v) is 8.53. The summed E-state index contributed by atoms with van der Waals surface area (Å²) in [4.78, 5) is 24.0. The zero-order valence-corrected chi connectivity index (χ0v) is 26.3. The Kier molecular flexibility index (Phi) is 10.2. The van der Waals surface area contributed by atoms with E-state index in [9.17, 15) is 15.0 Å². The van der Waals surface area contributed by atoms with Gasteiger partial charge in [-0.1, -0.05) is 27.7 Å². The summed E-state index contributed by atoms with van der Waals surface area (Å²) in [7, 11) is 0. The predicted molar refractivity (Wildman–Crippen MR) is 170 cm³/mol. The molecule has 2 heterocycles. The second kappa shape index (κ2) is 13.8. The van der Waals surface area contributed by atoms with E-state index in [0.717, 1.165) is 0 Å². The molecule has 4 atom stereocenters. The molecular formula is C35H42N4O5. The number of hydrogen-bond donors (Lipinski definition) is 4. The van der Waals surface area contributed by atoms with Crippen molar-refractivity contribution in [2.75, 3.05) is 0 Å². The number of phenols is 2. The molecule has 0 spiro atoms. The van der Waals surface area contributed by atoms with Crippen LogP contribution < -0.4 is 0 Å². The van der Waals surface area contributed by atoms with Gasteiger partial charge in [-0.15, -0.1) is 0 Å². The number of nitrogens with zero attached hydrogens (tertiary/aromatic N) is 2. The van der Waals surface area contributed by atoms with Crippen LogP contribution in [0.4, 0.5) is 0 Å². The quantitative estimate of drug-likeness (QED) is 0.108. The number of hydrogen-bond acceptors (Lipinski definition) is 9. The van der Waals surface area contributed by atoms with Crippen LogP contribution in [0, 0.1) is 48.3 Å². The van der Waals surface area contributed by atoms with Gasteiger partial charge in [-0.2, -0.15) is 0 Å². The molecule has 2 aromatic heterocycles. The molecule has 0 aliphatic rings. The van der Waals surface area contributed by atoms with Gasteiger partial charge in [-0.25, -0.2) is 9.97 Å². The van der Waals surface area contributed by atoms with Gasteiger partial charge in [0.15, 0.2) is 5.78 Å². The first-order chi connectivity index (χ1) is 20.9. The van der Waals surface area contributed by atoms with Crippen LogP contribution in [0.25, 0.3) is 22.9 Å². The standard InChI is InChI=1S/C35H42N4O5/c1-7-19(3)31(36)27(17-29-21(5)43-34(38-29)23-9-13-25(40)14-10-23)33(42)28(32(37)20(4)8-2)18-30-22(6)44-35(39-30)24-11-15-26(41)16-12-24/h9-16,19-20,27-28,36-37,40-41H,7-8,17-18H2,1-6H3. The lowest BCUT2D eigenvalue weighted by molar-refractivity contribution is -0.123. The minimum atomic E-state index is -0.806. The number of aryl methyl sites for hydroxylation is 2. The molecule has 0 fully saturated rings. The van der Waals surface area contributed by atoms with Gasteiger partial charge in [0.2, 0.25) is 11.8 Å². The fourth-order valence-electron chi connectivity index (χ4n) is 5.17. The van der Waals surface area contributed by atoms with E-state index >= 15 is 0 Å². The zero-order valence-electron chi connectivity index (χ0n) is 26.3. The van der Waals surface area contributed by atoms with E-state index in [-0.39, 0.29) is 42.0 Å². The summed E-state index contributed by atoms with van der Waals surface area (Å²) in [6.07, 6.45) is 1.75. The largest absolute Gasteiger partial charge is 0.508 e. The Bertz CT molecular complexity index is 1500. The SMILES string of the molecule is CCC(C)C(=N)C(Cc1nc(-c2ccc(O)cc2)oc1C)C(=O)C(Cc1nc(-c2ccc(O)cc2)oc1C)C(=N)C(C)CC. The number of aromatic nitrogens is 2. The summed E-state index contributed by atoms with van der Waals surface area (Å²) >= 11 is 0. The van der Waals surface area contributed by atoms with Crippen molar-refractivity contribution in [3.63, 3.8) is 0 Å². The second-order valence-electron chi connectivity index (χ2n) is 11.6. The molecular weight excluding hydrogens is 556 g/mol. The molecule has 0 amide bonds. The molecule has 232 valence electrons. The zero-order chi connectivity index (χ0) is 32.1. The fourth-order valence-corrected chi connectivity index (χ4v) is 5.17. The second-order valence-corrected chi connectivity index (χ2v) is 11.6. The van der Waals surface area contributed by atoms with Crippen LogP contribution in [-0.4, -0.2) is 37.4 Å². The molecule has 4 rings (SSSR count). The van der Waals surface area contributed by atoms with Crippen molar-refractivity contribution >= 4 is 17.2 Å². The lowest BCUT2D eigenvalue weighted by Gasteiger charge is -2.27. The lowest BCUT2D eigenvalue weighted by atomic mass is 9.75. The van der Waals surface area contributed by atoms with E-state index in [1.54, 1.807) is 62.4 Å². The lowest BCUT2D eigenvalue weighted by Crippen LogP contribution is -2.40. The Morgan fingerprint density at radius 3 is 1.36 bits per heavy atom. The number of phenolic OH excluding ortho intramolecular Hbond substituents is 2. The minimum absolute atomic E-state index is 0.136. The van der Waals surface area contributed by atoms with Crippen LogP contribution in [0.15, 0.2) is 57.4 Å². The monoisotopic (exact) mass is 598 g/mol. The minimum Gasteiger partial charge on any atom is -0.508 e. The van der Waals surface area contributed by atoms with Gasteiger partial charge >= 0.3 is 0 Å². The maximum Gasteiger partial charge on any atom is 0.226 e. The highest BCUT2D eigenvalue weighted by Crippen LogP contribution is 2.31. The molecule has 0 bridgehead atoms. The molecule has 4 unspecified atom stereocenters. The Hall–Kier alpha value is -4.53. The number of aromatic hydroxyl groups is 2. The van der Waals surface area contributed by atoms with Crippen molar-refractivity contribution in [3.05, 3.63) is 71.4 Å². The van der Waals surface area contributed by atoms with Gasteiger partial charge in [-0.05, 0) is 87.1 Å². The van der Waals surface area contributed by atoms with Crippen molar-refractivity contribution in [3.8, 4) is 34.4 Å². The average molecular weight is 599 g/mol. The maximum atomic E-state index is 14.6. The Morgan fingerprint density at radius 2 is 1.05 bits per heavy atom. The van der Waals surface area contributed by atoms with Crippen molar-refractivity contribution < 1.29 is 23.8 Å². The van der Waals surface area contributed by atoms with Crippen LogP contribution in [0.2, 0.25) is 0 Å². The van der Waals surface area contributed by atoms with Crippen LogP contribution in [0.5, 0.6) is 11.5 Å². The molecule has 4 aromatic rings. The van der Waals surface area contributed by atoms with Gasteiger partial charge < -0.3 is 29.9 Å². The molecule has 0 radical (unpaired) electrons. The third kappa shape index (κ3) is 7.15. The molecule has 9 heteroatoms. The molecule has 0 aliphatic carbocycles. The highest BCUT2D eigenvalue weighted by atomic mass is 16.4. The number of carbonyl (C=O) groups excluding carboxylic acids is 1. The van der Waals surface area contributed by atoms with Crippen LogP contribution in [0.3, 0.4) is 0 Å². The summed E-state index contributed by atoms with van der Waals surface area (Å²) < 4.78 is 11.9. The number of benzene rings is 2. The normalized spacial score (nSPS) is 14.1. The Morgan fingerprint density at radius 1 is 0.705 bits per heavy atom. The highest BCUT2D eigenvalue weighted by molar-refractivity contribution is 6.14. The first kappa shape index (κ1) is 32.4. The van der Waals surface area contributed by atoms with Crippen LogP contribution in [-0.2, 0) is 17.6 Å². The topological polar surface area (TPSA) is 157 Å². The summed E-state index contributed by atoms with van der Waals surface area (Å²) in [5.41, 5.74) is 3.18. The van der Waals surface area contributed by atoms with Crippen molar-refractivity contribution in [1.29, 1.82) is 10.8 Å². The van der Waals surface area contributed by atoms with E-state index in [4.69, 9.17) is 29.6 Å². The molecule has 0 saturated heterocycles. The van der Waals surface area contributed by atoms with Crippen LogP contribution >= 0.6 is 0 Å². The van der Waals surface area contributed by atoms with Gasteiger partial charge in [0.1, 0.15) is 23.0 Å². The summed E-state index contributed by atoms with van der Waals surface area (Å²) in [5, 5.41) is 37.6. The average Bonchev–Trinajstić information content (AvgIpc) is 3.58. The van der Waals surface area contributed by atoms with E-state index in [1.807, 2.05) is 27.7 Å². The van der Waals surface area contributed by atoms with E-state index in [1.165, 1.54) is 0 Å². The summed E-state index contributed by atoms with van der Waals surface area (Å²) in [5.74, 6) is 0.0494. The van der Waals surface area contributed by atoms with E-state index in [0.29, 0.717) is 70.1 Å². The summed E-state index contributed by atoms with van der Waals surface area (Å²) in [6, 6.07) is 13.1. The molecule has 9 nitrogen and oxygen atoms in total. The number of nitrogens with one attached hydrogen (secondary N) is 2. The third-order valence-electron chi connectivity index (χ3n) is 8.53. The molecule has 4 N–H and O–H groups in total. The number of carbonyl (C=O) groups is 1. The molecule has 44 heavy (non-hydrogen) atoms. The van der Waals surface area contributed by atoms with Crippen molar-refractivity contribution in [1.82, 2.24) is 9.97 Å². The smallest absolute Gasteiger partial charge is 0.226 e. The van der Waals surface area contributed by atoms with Gasteiger partial charge in [0.05, 0.1) is 23.2 Å². The number of oxazole rings is 2. The molecule has 0 saturated carbocycles. The van der Waals surface area contributed by atoms with Crippen LogP contribution in [0.1, 0.15) is 63.4 Å². The van der Waals surface area contributed by atoms with Gasteiger partial charge in [0.25, 0.3) is 0 Å². The highest BCUT2D eigenvalue weighted by Gasteiger charge is 2.37. The first-order valence-electron chi connectivity index (χ1n) is 15.1. The van der Waals surface area contributed by atoms with Crippen molar-refractivity contribution in [2.45, 2.75) is 67.2 Å².